The first-order valence-corrected chi connectivity index (χ1v) is 5.38. The molecule has 0 saturated carbocycles. The fraction of sp³-hybridized carbons (Fsp3) is 0.556. The molecule has 0 aliphatic heterocycles. The molecule has 0 saturated heterocycles. The van der Waals surface area contributed by atoms with Gasteiger partial charge in [0.15, 0.2) is 0 Å². The van der Waals surface area contributed by atoms with E-state index in [-0.39, 0.29) is 0 Å². The number of unbranched alkanes of at least 4 members (excludes halogenated alkanes) is 1. The molecular weight excluding hydrogens is 163 g/mol. The van der Waals surface area contributed by atoms with Gasteiger partial charge in [0.25, 0.3) is 0 Å². The van der Waals surface area contributed by atoms with E-state index in [1.54, 1.807) is 0 Å². The average Bonchev–Trinajstić information content (AvgIpc) is 2.41. The van der Waals surface area contributed by atoms with Crippen LogP contribution in [0.3, 0.4) is 0 Å². The summed E-state index contributed by atoms with van der Waals surface area (Å²) in [6.07, 6.45) is 11.7. The van der Waals surface area contributed by atoms with Crippen LogP contribution in [-0.2, 0) is 15.0 Å². The standard InChI is InChI=1S/C5H5.C4H9.Mn/c1-2-4-5-3-1;1-3-4-2;/h1-5H;1,3-4H2,2H3;. The monoisotopic (exact) mass is 177 g/mol. The molecule has 0 aromatic rings. The Morgan fingerprint density at radius 3 is 2.60 bits per heavy atom. The molecule has 0 bridgehead atoms. The molecule has 0 fully saturated rings. The second-order valence-electron chi connectivity index (χ2n) is 2.41. The third-order valence-electron chi connectivity index (χ3n) is 1.48. The molecule has 57 valence electrons. The third kappa shape index (κ3) is 2.72. The molecule has 0 aromatic heterocycles. The normalized spacial score (nSPS) is 16.9. The summed E-state index contributed by atoms with van der Waals surface area (Å²) in [6, 6.07) is 0. The van der Waals surface area contributed by atoms with E-state index in [1.807, 2.05) is 0 Å². The summed E-state index contributed by atoms with van der Waals surface area (Å²) in [6.45, 7) is 2.26. The maximum absolute atomic E-state index is 2.30. The van der Waals surface area contributed by atoms with Crippen LogP contribution >= 0.6 is 0 Å². The summed E-state index contributed by atoms with van der Waals surface area (Å²) in [7, 11) is 0. The van der Waals surface area contributed by atoms with Gasteiger partial charge in [-0.3, -0.25) is 0 Å². The predicted octanol–water partition coefficient (Wildman–Crippen LogP) is 3.20. The van der Waals surface area contributed by atoms with Crippen LogP contribution in [0.4, 0.5) is 0 Å². The average molecular weight is 177 g/mol. The molecule has 10 heavy (non-hydrogen) atoms. The van der Waals surface area contributed by atoms with E-state index in [0.717, 1.165) is 19.8 Å². The zero-order valence-electron chi connectivity index (χ0n) is 6.39. The molecule has 0 heterocycles. The van der Waals surface area contributed by atoms with Crippen LogP contribution in [0.15, 0.2) is 24.3 Å². The fourth-order valence-corrected chi connectivity index (χ4v) is 2.48. The second kappa shape index (κ2) is 4.76. The van der Waals surface area contributed by atoms with Crippen LogP contribution in [0.5, 0.6) is 0 Å². The van der Waals surface area contributed by atoms with Crippen molar-refractivity contribution < 1.29 is 15.0 Å². The first kappa shape index (κ1) is 8.10. The van der Waals surface area contributed by atoms with Crippen molar-refractivity contribution in [2.45, 2.75) is 29.9 Å². The van der Waals surface area contributed by atoms with Crippen LogP contribution in [-0.4, -0.2) is 0 Å². The van der Waals surface area contributed by atoms with Crippen molar-refractivity contribution in [3.63, 3.8) is 0 Å². The number of rotatable bonds is 4. The predicted molar refractivity (Wildman–Crippen MR) is 41.7 cm³/mol. The van der Waals surface area contributed by atoms with Crippen molar-refractivity contribution in [1.82, 2.24) is 0 Å². The summed E-state index contributed by atoms with van der Waals surface area (Å²) < 4.78 is 0. The van der Waals surface area contributed by atoms with Gasteiger partial charge in [-0.15, -0.1) is 0 Å². The minimum atomic E-state index is 0.787. The zero-order valence-corrected chi connectivity index (χ0v) is 7.57. The van der Waals surface area contributed by atoms with E-state index in [4.69, 9.17) is 0 Å². The molecule has 0 unspecified atom stereocenters. The van der Waals surface area contributed by atoms with Crippen LogP contribution in [0.25, 0.3) is 0 Å². The molecule has 0 aromatic carbocycles. The Balaban J connectivity index is 2.03. The minimum absolute atomic E-state index is 0.787. The van der Waals surface area contributed by atoms with Gasteiger partial charge >= 0.3 is 69.2 Å². The molecule has 0 N–H and O–H groups in total. The Kier molecular flexibility index (Phi) is 3.86. The molecule has 0 radical (unpaired) electrons. The van der Waals surface area contributed by atoms with Gasteiger partial charge < -0.3 is 0 Å². The Bertz CT molecular complexity index is 124. The molecule has 1 heteroatoms. The number of allylic oxidation sites excluding steroid dienone is 4. The second-order valence-corrected chi connectivity index (χ2v) is 4.27. The number of hydrogen-bond donors (Lipinski definition) is 0. The van der Waals surface area contributed by atoms with Crippen molar-refractivity contribution in [3.05, 3.63) is 24.3 Å². The Hall–Kier alpha value is -0.000519. The third-order valence-corrected chi connectivity index (χ3v) is 3.24. The van der Waals surface area contributed by atoms with Crippen molar-refractivity contribution >= 4 is 0 Å². The Morgan fingerprint density at radius 2 is 2.00 bits per heavy atom. The molecule has 1 aliphatic carbocycles. The van der Waals surface area contributed by atoms with Crippen molar-refractivity contribution in [3.8, 4) is 0 Å². The van der Waals surface area contributed by atoms with E-state index in [2.05, 4.69) is 31.2 Å². The zero-order chi connectivity index (χ0) is 7.23. The summed E-state index contributed by atoms with van der Waals surface area (Å²) in [5.74, 6) is 0. The Labute approximate surface area is 69.6 Å². The molecule has 0 amide bonds. The van der Waals surface area contributed by atoms with E-state index < -0.39 is 0 Å². The van der Waals surface area contributed by atoms with Gasteiger partial charge in [-0.25, -0.2) is 0 Å². The molecular formula is C9H14Mn. The van der Waals surface area contributed by atoms with E-state index in [1.165, 1.54) is 18.2 Å². The molecule has 0 atom stereocenters. The van der Waals surface area contributed by atoms with Gasteiger partial charge in [-0.1, -0.05) is 0 Å². The summed E-state index contributed by atoms with van der Waals surface area (Å²) >= 11 is 1.09. The Morgan fingerprint density at radius 1 is 1.30 bits per heavy atom. The van der Waals surface area contributed by atoms with Gasteiger partial charge in [0.05, 0.1) is 0 Å². The van der Waals surface area contributed by atoms with Crippen LogP contribution < -0.4 is 0 Å². The van der Waals surface area contributed by atoms with Crippen LogP contribution in [0.2, 0.25) is 10.1 Å². The summed E-state index contributed by atoms with van der Waals surface area (Å²) in [5.41, 5.74) is 0. The van der Waals surface area contributed by atoms with Gasteiger partial charge in [0, 0.05) is 0 Å². The van der Waals surface area contributed by atoms with Crippen molar-refractivity contribution in [2.75, 3.05) is 0 Å². The quantitative estimate of drug-likeness (QED) is 0.457. The molecule has 0 spiro atoms. The maximum atomic E-state index is 2.30. The van der Waals surface area contributed by atoms with E-state index >= 15 is 0 Å². The molecule has 0 nitrogen and oxygen atoms in total. The first-order chi connectivity index (χ1) is 4.93. The molecule has 1 aliphatic rings. The first-order valence-electron chi connectivity index (χ1n) is 3.86. The summed E-state index contributed by atoms with van der Waals surface area (Å²) in [4.78, 5) is 0.787. The van der Waals surface area contributed by atoms with E-state index in [9.17, 15) is 0 Å². The molecule has 1 rings (SSSR count). The topological polar surface area (TPSA) is 0 Å². The van der Waals surface area contributed by atoms with Crippen molar-refractivity contribution in [2.24, 2.45) is 0 Å². The van der Waals surface area contributed by atoms with Crippen LogP contribution in [0, 0.1) is 0 Å². The van der Waals surface area contributed by atoms with Crippen LogP contribution in [0.1, 0.15) is 19.8 Å². The van der Waals surface area contributed by atoms with Crippen molar-refractivity contribution in [1.29, 1.82) is 0 Å². The SMILES string of the molecule is CCC[CH2][Mn][CH]1C=CC=C1. The summed E-state index contributed by atoms with van der Waals surface area (Å²) in [5, 5.41) is 1.42. The fourth-order valence-electron chi connectivity index (χ4n) is 0.844. The van der Waals surface area contributed by atoms with E-state index in [0.29, 0.717) is 0 Å². The van der Waals surface area contributed by atoms with Gasteiger partial charge in [-0.05, 0) is 0 Å². The van der Waals surface area contributed by atoms with Gasteiger partial charge in [-0.2, -0.15) is 0 Å². The number of hydrogen-bond acceptors (Lipinski definition) is 0. The van der Waals surface area contributed by atoms with Gasteiger partial charge in [0.1, 0.15) is 0 Å². The van der Waals surface area contributed by atoms with Gasteiger partial charge in [0.2, 0.25) is 0 Å².